The number of benzene rings is 1. The maximum Gasteiger partial charge on any atom is 0.141 e. The topological polar surface area (TPSA) is 48.1 Å². The van der Waals surface area contributed by atoms with Gasteiger partial charge in [-0.1, -0.05) is 19.1 Å². The van der Waals surface area contributed by atoms with Crippen molar-refractivity contribution in [2.45, 2.75) is 25.8 Å². The molecule has 0 amide bonds. The van der Waals surface area contributed by atoms with Gasteiger partial charge in [-0.2, -0.15) is 0 Å². The summed E-state index contributed by atoms with van der Waals surface area (Å²) in [4.78, 5) is 4.13. The Morgan fingerprint density at radius 1 is 1.25 bits per heavy atom. The van der Waals surface area contributed by atoms with E-state index >= 15 is 0 Å². The molecule has 0 radical (unpaired) electrons. The van der Waals surface area contributed by atoms with Gasteiger partial charge in [0.25, 0.3) is 0 Å². The van der Waals surface area contributed by atoms with Crippen molar-refractivity contribution in [3.8, 4) is 5.75 Å². The largest absolute Gasteiger partial charge is 0.494 e. The summed E-state index contributed by atoms with van der Waals surface area (Å²) in [5.74, 6) is 0.408. The summed E-state index contributed by atoms with van der Waals surface area (Å²) in [5.41, 5.74) is 7.32. The molecule has 1 heterocycles. The van der Waals surface area contributed by atoms with Crippen LogP contribution in [0.3, 0.4) is 0 Å². The predicted molar refractivity (Wildman–Crippen MR) is 77.1 cm³/mol. The summed E-state index contributed by atoms with van der Waals surface area (Å²) in [5, 5.41) is 0. The second-order valence-electron chi connectivity index (χ2n) is 4.65. The van der Waals surface area contributed by atoms with Crippen LogP contribution < -0.4 is 10.5 Å². The highest BCUT2D eigenvalue weighted by molar-refractivity contribution is 5.39. The minimum absolute atomic E-state index is 0.365. The summed E-state index contributed by atoms with van der Waals surface area (Å²) in [7, 11) is 0. The maximum absolute atomic E-state index is 13.0. The van der Waals surface area contributed by atoms with Crippen molar-refractivity contribution in [2.24, 2.45) is 5.73 Å². The number of rotatable bonds is 5. The molecule has 0 aliphatic heterocycles. The molecule has 2 N–H and O–H groups in total. The summed E-state index contributed by atoms with van der Waals surface area (Å²) >= 11 is 0. The first kappa shape index (κ1) is 14.5. The predicted octanol–water partition coefficient (Wildman–Crippen LogP) is 3.23. The molecule has 0 fully saturated rings. The Kier molecular flexibility index (Phi) is 4.35. The van der Waals surface area contributed by atoms with E-state index in [1.54, 1.807) is 6.07 Å². The minimum atomic E-state index is -0.749. The van der Waals surface area contributed by atoms with Crippen LogP contribution in [0.1, 0.15) is 31.5 Å². The summed E-state index contributed by atoms with van der Waals surface area (Å²) in [6.07, 6.45) is 1.85. The minimum Gasteiger partial charge on any atom is -0.494 e. The third-order valence-corrected chi connectivity index (χ3v) is 3.40. The number of aromatic nitrogens is 1. The van der Waals surface area contributed by atoms with Gasteiger partial charge < -0.3 is 10.5 Å². The lowest BCUT2D eigenvalue weighted by Crippen LogP contribution is -2.38. The Hall–Kier alpha value is -1.94. The smallest absolute Gasteiger partial charge is 0.141 e. The highest BCUT2D eigenvalue weighted by Gasteiger charge is 2.29. The first-order chi connectivity index (χ1) is 9.60. The Bertz CT molecular complexity index is 571. The van der Waals surface area contributed by atoms with E-state index in [2.05, 4.69) is 4.98 Å². The third-order valence-electron chi connectivity index (χ3n) is 3.40. The van der Waals surface area contributed by atoms with Crippen molar-refractivity contribution in [1.82, 2.24) is 4.98 Å². The zero-order valence-corrected chi connectivity index (χ0v) is 11.8. The van der Waals surface area contributed by atoms with Crippen molar-refractivity contribution >= 4 is 0 Å². The van der Waals surface area contributed by atoms with E-state index in [0.29, 0.717) is 18.7 Å². The quantitative estimate of drug-likeness (QED) is 0.910. The number of nitrogens with zero attached hydrogens (tertiary/aromatic N) is 1. The van der Waals surface area contributed by atoms with Gasteiger partial charge >= 0.3 is 0 Å². The second kappa shape index (κ2) is 6.01. The molecule has 0 saturated carbocycles. The van der Waals surface area contributed by atoms with Crippen molar-refractivity contribution in [1.29, 1.82) is 0 Å². The van der Waals surface area contributed by atoms with Crippen LogP contribution in [0.4, 0.5) is 4.39 Å². The molecular formula is C16H19FN2O. The van der Waals surface area contributed by atoms with Crippen molar-refractivity contribution in [2.75, 3.05) is 6.61 Å². The zero-order valence-electron chi connectivity index (χ0n) is 11.8. The van der Waals surface area contributed by atoms with Gasteiger partial charge in [-0.05, 0) is 43.2 Å². The zero-order chi connectivity index (χ0) is 14.6. The van der Waals surface area contributed by atoms with Crippen LogP contribution in [0, 0.1) is 5.82 Å². The van der Waals surface area contributed by atoms with Gasteiger partial charge in [-0.15, -0.1) is 0 Å². The van der Waals surface area contributed by atoms with Crippen molar-refractivity contribution < 1.29 is 9.13 Å². The molecule has 0 bridgehead atoms. The fraction of sp³-hybridized carbons (Fsp3) is 0.312. The molecular weight excluding hydrogens is 255 g/mol. The molecule has 0 saturated heterocycles. The summed E-state index contributed by atoms with van der Waals surface area (Å²) in [6, 6.07) is 10.7. The van der Waals surface area contributed by atoms with Gasteiger partial charge in [0.15, 0.2) is 0 Å². The number of nitrogens with two attached hydrogens (primary N) is 1. The molecule has 2 aromatic rings. The van der Waals surface area contributed by atoms with Crippen LogP contribution >= 0.6 is 0 Å². The first-order valence-electron chi connectivity index (χ1n) is 6.74. The summed E-state index contributed by atoms with van der Waals surface area (Å²) < 4.78 is 18.5. The molecule has 1 atom stereocenters. The van der Waals surface area contributed by atoms with Gasteiger partial charge in [-0.25, -0.2) is 4.39 Å². The standard InChI is InChI=1S/C16H19FN2O/c1-3-16(18,15-9-8-13(17)11-19-15)12-6-5-7-14(10-12)20-4-2/h5-11H,3-4,18H2,1-2H3. The van der Waals surface area contributed by atoms with E-state index in [9.17, 15) is 4.39 Å². The van der Waals surface area contributed by atoms with E-state index in [1.165, 1.54) is 12.3 Å². The molecule has 0 spiro atoms. The second-order valence-corrected chi connectivity index (χ2v) is 4.65. The third kappa shape index (κ3) is 2.80. The van der Waals surface area contributed by atoms with Crippen LogP contribution in [-0.2, 0) is 5.54 Å². The van der Waals surface area contributed by atoms with Crippen LogP contribution in [0.15, 0.2) is 42.6 Å². The van der Waals surface area contributed by atoms with Crippen LogP contribution in [0.25, 0.3) is 0 Å². The molecule has 0 aliphatic carbocycles. The Morgan fingerprint density at radius 3 is 2.65 bits per heavy atom. The van der Waals surface area contributed by atoms with E-state index in [1.807, 2.05) is 38.1 Å². The van der Waals surface area contributed by atoms with Gasteiger partial charge in [0.2, 0.25) is 0 Å². The molecule has 4 heteroatoms. The summed E-state index contributed by atoms with van der Waals surface area (Å²) in [6.45, 7) is 4.52. The van der Waals surface area contributed by atoms with Gasteiger partial charge in [0.05, 0.1) is 24.0 Å². The Labute approximate surface area is 118 Å². The highest BCUT2D eigenvalue weighted by Crippen LogP contribution is 2.31. The Balaban J connectivity index is 2.44. The lowest BCUT2D eigenvalue weighted by Gasteiger charge is -2.28. The van der Waals surface area contributed by atoms with Crippen LogP contribution in [0.2, 0.25) is 0 Å². The lowest BCUT2D eigenvalue weighted by molar-refractivity contribution is 0.338. The molecule has 3 nitrogen and oxygen atoms in total. The number of ether oxygens (including phenoxy) is 1. The van der Waals surface area contributed by atoms with E-state index in [-0.39, 0.29) is 5.82 Å². The van der Waals surface area contributed by atoms with Crippen molar-refractivity contribution in [3.05, 3.63) is 59.7 Å². The first-order valence-corrected chi connectivity index (χ1v) is 6.74. The number of halogens is 1. The van der Waals surface area contributed by atoms with Gasteiger partial charge in [0, 0.05) is 0 Å². The van der Waals surface area contributed by atoms with E-state index in [4.69, 9.17) is 10.5 Å². The maximum atomic E-state index is 13.0. The lowest BCUT2D eigenvalue weighted by atomic mass is 9.84. The molecule has 0 aliphatic rings. The average molecular weight is 274 g/mol. The molecule has 1 aromatic carbocycles. The van der Waals surface area contributed by atoms with Gasteiger partial charge in [-0.3, -0.25) is 4.98 Å². The van der Waals surface area contributed by atoms with E-state index < -0.39 is 5.54 Å². The van der Waals surface area contributed by atoms with Crippen LogP contribution in [-0.4, -0.2) is 11.6 Å². The highest BCUT2D eigenvalue weighted by atomic mass is 19.1. The van der Waals surface area contributed by atoms with E-state index in [0.717, 1.165) is 11.3 Å². The average Bonchev–Trinajstić information content (AvgIpc) is 2.48. The van der Waals surface area contributed by atoms with Gasteiger partial charge in [0.1, 0.15) is 11.6 Å². The van der Waals surface area contributed by atoms with Crippen LogP contribution in [0.5, 0.6) is 5.75 Å². The molecule has 20 heavy (non-hydrogen) atoms. The SMILES string of the molecule is CCOc1cccc(C(N)(CC)c2ccc(F)cn2)c1. The fourth-order valence-electron chi connectivity index (χ4n) is 2.20. The molecule has 1 aromatic heterocycles. The number of hydrogen-bond donors (Lipinski definition) is 1. The number of pyridine rings is 1. The molecule has 1 unspecified atom stereocenters. The Morgan fingerprint density at radius 2 is 2.05 bits per heavy atom. The normalized spacial score (nSPS) is 13.8. The number of hydrogen-bond acceptors (Lipinski definition) is 3. The van der Waals surface area contributed by atoms with Crippen molar-refractivity contribution in [3.63, 3.8) is 0 Å². The fourth-order valence-corrected chi connectivity index (χ4v) is 2.20. The molecule has 2 rings (SSSR count). The monoisotopic (exact) mass is 274 g/mol. The molecule has 106 valence electrons.